The molecular weight excluding hydrogens is 223 g/mol. The molecule has 0 aliphatic carbocycles. The second-order valence-electron chi connectivity index (χ2n) is 3.89. The molecule has 0 aromatic heterocycles. The van der Waals surface area contributed by atoms with Crippen molar-refractivity contribution >= 4 is 12.2 Å². The molecule has 1 N–H and O–H groups in total. The van der Waals surface area contributed by atoms with Crippen molar-refractivity contribution in [2.24, 2.45) is 0 Å². The van der Waals surface area contributed by atoms with Gasteiger partial charge in [-0.15, -0.1) is 0 Å². The fourth-order valence-corrected chi connectivity index (χ4v) is 2.10. The van der Waals surface area contributed by atoms with Gasteiger partial charge < -0.3 is 4.98 Å². The lowest BCUT2D eigenvalue weighted by molar-refractivity contribution is 0.600. The van der Waals surface area contributed by atoms with Gasteiger partial charge in [0.15, 0.2) is 0 Å². The predicted molar refractivity (Wildman–Crippen MR) is 64.9 cm³/mol. The van der Waals surface area contributed by atoms with Crippen LogP contribution in [0.5, 0.6) is 0 Å². The third-order valence-electron chi connectivity index (χ3n) is 2.81. The average molecular weight is 236 g/mol. The number of hydrogen-bond acceptors (Lipinski definition) is 2. The Morgan fingerprint density at radius 1 is 1.44 bits per heavy atom. The highest BCUT2D eigenvalue weighted by Gasteiger charge is 2.14. The molecule has 2 nitrogen and oxygen atoms in total. The molecule has 16 heavy (non-hydrogen) atoms. The number of aromatic nitrogens is 2. The zero-order valence-electron chi connectivity index (χ0n) is 9.52. The van der Waals surface area contributed by atoms with E-state index in [0.29, 0.717) is 21.7 Å². The van der Waals surface area contributed by atoms with Crippen molar-refractivity contribution in [3.05, 3.63) is 33.3 Å². The monoisotopic (exact) mass is 236 g/mol. The van der Waals surface area contributed by atoms with Gasteiger partial charge in [-0.2, -0.15) is 0 Å². The molecule has 2 rings (SSSR count). The Balaban J connectivity index is 2.88. The summed E-state index contributed by atoms with van der Waals surface area (Å²) in [5.41, 5.74) is 2.93. The van der Waals surface area contributed by atoms with Crippen LogP contribution in [0, 0.1) is 24.3 Å². The Kier molecular flexibility index (Phi) is 2.76. The maximum atomic E-state index is 13.7. The minimum Gasteiger partial charge on any atom is -0.341 e. The number of H-pyrrole nitrogens is 1. The van der Waals surface area contributed by atoms with E-state index in [9.17, 15) is 4.39 Å². The van der Waals surface area contributed by atoms with Crippen LogP contribution in [0.4, 0.5) is 4.39 Å². The van der Waals surface area contributed by atoms with E-state index in [1.54, 1.807) is 13.8 Å². The molecule has 0 unspecified atom stereocenters. The van der Waals surface area contributed by atoms with Gasteiger partial charge in [0.2, 0.25) is 0 Å². The molecule has 2 aliphatic rings. The molecule has 0 radical (unpaired) electrons. The Bertz CT molecular complexity index is 574. The number of aryl methyl sites for hydroxylation is 2. The maximum Gasteiger partial charge on any atom is 0.145 e. The van der Waals surface area contributed by atoms with Gasteiger partial charge in [-0.3, -0.25) is 0 Å². The van der Waals surface area contributed by atoms with Gasteiger partial charge in [-0.25, -0.2) is 9.37 Å². The van der Waals surface area contributed by atoms with Crippen molar-refractivity contribution < 1.29 is 4.39 Å². The molecule has 0 atom stereocenters. The Morgan fingerprint density at radius 3 is 2.75 bits per heavy atom. The van der Waals surface area contributed by atoms with Crippen LogP contribution in [0.25, 0.3) is 11.4 Å². The number of rotatable bonds is 1. The summed E-state index contributed by atoms with van der Waals surface area (Å²) in [6.45, 7) is 5.48. The molecule has 0 aromatic rings. The first-order valence-corrected chi connectivity index (χ1v) is 5.64. The first kappa shape index (κ1) is 11.2. The quantitative estimate of drug-likeness (QED) is 0.767. The van der Waals surface area contributed by atoms with Crippen LogP contribution in [0.2, 0.25) is 0 Å². The van der Waals surface area contributed by atoms with Crippen LogP contribution < -0.4 is 0 Å². The van der Waals surface area contributed by atoms with Crippen LogP contribution in [-0.4, -0.2) is 9.97 Å². The van der Waals surface area contributed by atoms with E-state index in [1.165, 1.54) is 0 Å². The van der Waals surface area contributed by atoms with Crippen molar-refractivity contribution in [2.45, 2.75) is 27.2 Å². The van der Waals surface area contributed by atoms with Crippen molar-refractivity contribution in [3.63, 3.8) is 0 Å². The van der Waals surface area contributed by atoms with Crippen LogP contribution in [0.15, 0.2) is 6.07 Å². The second-order valence-corrected chi connectivity index (χ2v) is 4.28. The lowest BCUT2D eigenvalue weighted by Gasteiger charge is -2.13. The smallest absolute Gasteiger partial charge is 0.145 e. The zero-order valence-corrected chi connectivity index (χ0v) is 10.3. The van der Waals surface area contributed by atoms with E-state index < -0.39 is 0 Å². The molecule has 0 aromatic carbocycles. The number of nitrogens with zero attached hydrogens (tertiary/aromatic N) is 1. The van der Waals surface area contributed by atoms with Gasteiger partial charge in [-0.1, -0.05) is 19.1 Å². The normalized spacial score (nSPS) is 11.0. The van der Waals surface area contributed by atoms with E-state index in [0.717, 1.165) is 17.5 Å². The Hall–Kier alpha value is -1.29. The second kappa shape index (κ2) is 3.94. The largest absolute Gasteiger partial charge is 0.341 e. The number of nitrogens with one attached hydrogen (secondary N) is 1. The topological polar surface area (TPSA) is 28.7 Å². The van der Waals surface area contributed by atoms with Gasteiger partial charge in [0.05, 0.1) is 0 Å². The van der Waals surface area contributed by atoms with E-state index >= 15 is 0 Å². The molecule has 2 heterocycles. The lowest BCUT2D eigenvalue weighted by atomic mass is 10.0. The van der Waals surface area contributed by atoms with Gasteiger partial charge in [0, 0.05) is 11.3 Å². The molecule has 4 heteroatoms. The molecule has 0 bridgehead atoms. The highest BCUT2D eigenvalue weighted by Crippen LogP contribution is 2.26. The summed E-state index contributed by atoms with van der Waals surface area (Å²) in [5.74, 6) is 0.465. The third kappa shape index (κ3) is 1.63. The number of fused-ring (bicyclic) bond motifs is 1. The minimum atomic E-state index is -0.200. The molecule has 0 fully saturated rings. The molecule has 0 amide bonds. The summed E-state index contributed by atoms with van der Waals surface area (Å²) in [7, 11) is 0. The summed E-state index contributed by atoms with van der Waals surface area (Å²) < 4.78 is 14.3. The average Bonchev–Trinajstić information content (AvgIpc) is 2.26. The standard InChI is InChI=1S/C12H13FN2S/c1-4-8-5-9-6(2)10(13)7(3)14-11(9)15-12(8)16/h5H,4H2,1-3H3,(H,14,15,16). The van der Waals surface area contributed by atoms with E-state index in [1.807, 2.05) is 13.0 Å². The minimum absolute atomic E-state index is 0.200. The zero-order chi connectivity index (χ0) is 11.9. The number of aromatic amines is 1. The van der Waals surface area contributed by atoms with E-state index in [-0.39, 0.29) is 5.82 Å². The SMILES string of the molecule is CCc1cc2c(C)c(F)c(C)[nH]c-2nc1=S. The fraction of sp³-hybridized carbons (Fsp3) is 0.333. The number of halogens is 1. The van der Waals surface area contributed by atoms with Gasteiger partial charge in [-0.05, 0) is 37.5 Å². The molecule has 2 aliphatic heterocycles. The van der Waals surface area contributed by atoms with Crippen LogP contribution in [-0.2, 0) is 6.42 Å². The highest BCUT2D eigenvalue weighted by atomic mass is 32.1. The van der Waals surface area contributed by atoms with Crippen molar-refractivity contribution in [1.82, 2.24) is 9.97 Å². The molecule has 0 saturated heterocycles. The maximum absolute atomic E-state index is 13.7. The lowest BCUT2D eigenvalue weighted by Crippen LogP contribution is -2.03. The molecule has 84 valence electrons. The Morgan fingerprint density at radius 2 is 2.12 bits per heavy atom. The summed E-state index contributed by atoms with van der Waals surface area (Å²) in [4.78, 5) is 7.24. The van der Waals surface area contributed by atoms with E-state index in [4.69, 9.17) is 12.2 Å². The van der Waals surface area contributed by atoms with Gasteiger partial charge >= 0.3 is 0 Å². The summed E-state index contributed by atoms with van der Waals surface area (Å²) in [5, 5.41) is 0. The van der Waals surface area contributed by atoms with Crippen molar-refractivity contribution in [1.29, 1.82) is 0 Å². The molecular formula is C12H13FN2S. The van der Waals surface area contributed by atoms with Crippen LogP contribution >= 0.6 is 12.2 Å². The first-order chi connectivity index (χ1) is 7.54. The summed E-state index contributed by atoms with van der Waals surface area (Å²) >= 11 is 5.17. The first-order valence-electron chi connectivity index (χ1n) is 5.23. The van der Waals surface area contributed by atoms with Gasteiger partial charge in [0.1, 0.15) is 16.3 Å². The van der Waals surface area contributed by atoms with Gasteiger partial charge in [0.25, 0.3) is 0 Å². The predicted octanol–water partition coefficient (Wildman–Crippen LogP) is 3.56. The third-order valence-corrected chi connectivity index (χ3v) is 3.16. The number of hydrogen-bond donors (Lipinski definition) is 1. The Labute approximate surface area is 98.9 Å². The summed E-state index contributed by atoms with van der Waals surface area (Å²) in [6, 6.07) is 1.93. The van der Waals surface area contributed by atoms with Crippen LogP contribution in [0.3, 0.4) is 0 Å². The molecule has 0 spiro atoms. The highest BCUT2D eigenvalue weighted by molar-refractivity contribution is 7.71. The fourth-order valence-electron chi connectivity index (χ4n) is 1.80. The van der Waals surface area contributed by atoms with Crippen molar-refractivity contribution in [2.75, 3.05) is 0 Å². The number of pyridine rings is 2. The summed E-state index contributed by atoms with van der Waals surface area (Å²) in [6.07, 6.45) is 0.816. The molecule has 0 saturated carbocycles. The van der Waals surface area contributed by atoms with Crippen molar-refractivity contribution in [3.8, 4) is 11.4 Å². The van der Waals surface area contributed by atoms with Crippen LogP contribution in [0.1, 0.15) is 23.7 Å². The van der Waals surface area contributed by atoms with E-state index in [2.05, 4.69) is 9.97 Å².